The molecule has 0 heterocycles. The van der Waals surface area contributed by atoms with Crippen molar-refractivity contribution in [3.8, 4) is 0 Å². The number of hydrogen-bond acceptors (Lipinski definition) is 2. The fourth-order valence-electron chi connectivity index (χ4n) is 0. The van der Waals surface area contributed by atoms with E-state index in [0.29, 0.717) is 0 Å². The Morgan fingerprint density at radius 3 is 1.00 bits per heavy atom. The zero-order valence-corrected chi connectivity index (χ0v) is 4.12. The standard InChI is InChI=1S/Ba.Ca.Cu.O2.Ti.4H/c;;;1-2;;;;;. The molecular formula is H4BaCaCuO2Ti. The van der Waals surface area contributed by atoms with E-state index in [1.165, 1.54) is 0 Å². The minimum atomic E-state index is 0. The molecule has 0 aromatic rings. The van der Waals surface area contributed by atoms with Crippen molar-refractivity contribution in [2.45, 2.75) is 0 Å². The van der Waals surface area contributed by atoms with Gasteiger partial charge in [-0.2, -0.15) is 0 Å². The van der Waals surface area contributed by atoms with E-state index >= 15 is 0 Å². The molecule has 0 rings (SSSR count). The van der Waals surface area contributed by atoms with Crippen LogP contribution < -0.4 is 0 Å². The Kier molecular flexibility index (Phi) is 211. The van der Waals surface area contributed by atoms with E-state index in [1.54, 1.807) is 0 Å². The van der Waals surface area contributed by atoms with Crippen molar-refractivity contribution in [1.29, 1.82) is 0 Å². The van der Waals surface area contributed by atoms with Crippen LogP contribution in [0.15, 0.2) is 0 Å². The van der Waals surface area contributed by atoms with Crippen LogP contribution >= 0.6 is 0 Å². The van der Waals surface area contributed by atoms with Crippen LogP contribution in [0.1, 0.15) is 0 Å². The summed E-state index contributed by atoms with van der Waals surface area (Å²) in [5, 5.41) is 0. The molecular weight excluding hydrogens is 321 g/mol. The summed E-state index contributed by atoms with van der Waals surface area (Å²) < 4.78 is 0. The van der Waals surface area contributed by atoms with E-state index in [9.17, 15) is 0 Å². The van der Waals surface area contributed by atoms with E-state index in [0.717, 1.165) is 0 Å². The smallest absolute Gasteiger partial charge is 0 e. The third-order valence-corrected chi connectivity index (χ3v) is 0. The average molecular weight is 325 g/mol. The van der Waals surface area contributed by atoms with Gasteiger partial charge in [-0.05, 0) is 0 Å². The first-order valence-corrected chi connectivity index (χ1v) is 0.167. The maximum absolute atomic E-state index is 7.00. The zero-order valence-electron chi connectivity index (χ0n) is 1.62. The molecule has 1 radical (unpaired) electrons. The molecule has 6 heteroatoms. The SMILES string of the molecule is O=O.[BaH2].[CaH2].[Cu].[Ti]. The molecule has 2 nitrogen and oxygen atoms in total. The Bertz CT molecular complexity index is 13.5. The summed E-state index contributed by atoms with van der Waals surface area (Å²) in [5.41, 5.74) is 0. The van der Waals surface area contributed by atoms with E-state index in [1.807, 2.05) is 0 Å². The van der Waals surface area contributed by atoms with Gasteiger partial charge in [0, 0.05) is 48.7 Å². The maximum Gasteiger partial charge on any atom is 0 e. The van der Waals surface area contributed by atoms with Crippen LogP contribution in [0.4, 0.5) is 0 Å². The summed E-state index contributed by atoms with van der Waals surface area (Å²) in [6.07, 6.45) is 0. The van der Waals surface area contributed by atoms with Crippen molar-refractivity contribution in [2.24, 2.45) is 0 Å². The monoisotopic (exact) mass is 325 g/mol. The van der Waals surface area contributed by atoms with Gasteiger partial charge in [0.15, 0.2) is 0 Å². The van der Waals surface area contributed by atoms with Crippen LogP contribution in [0.3, 0.4) is 0 Å². The first-order chi connectivity index (χ1) is 1.00. The van der Waals surface area contributed by atoms with Crippen molar-refractivity contribution in [1.82, 2.24) is 0 Å². The summed E-state index contributed by atoms with van der Waals surface area (Å²) in [5.74, 6) is 0. The third-order valence-electron chi connectivity index (χ3n) is 0. The van der Waals surface area contributed by atoms with Crippen LogP contribution in [-0.2, 0) is 38.8 Å². The molecule has 0 fully saturated rings. The van der Waals surface area contributed by atoms with Gasteiger partial charge in [-0.15, -0.1) is 0 Å². The van der Waals surface area contributed by atoms with Gasteiger partial charge in [0.25, 0.3) is 0 Å². The first-order valence-electron chi connectivity index (χ1n) is 0.167. The van der Waals surface area contributed by atoms with Crippen LogP contribution in [0.25, 0.3) is 0 Å². The normalized spacial score (nSPS) is 0.667. The summed E-state index contributed by atoms with van der Waals surface area (Å²) in [7, 11) is 0. The Labute approximate surface area is 132 Å². The average Bonchev–Trinajstić information content (AvgIpc) is 1.00. The topological polar surface area (TPSA) is 34.1 Å². The van der Waals surface area contributed by atoms with E-state index < -0.39 is 0 Å². The zero-order chi connectivity index (χ0) is 2.00. The van der Waals surface area contributed by atoms with Gasteiger partial charge in [-0.1, -0.05) is 0 Å². The molecule has 0 aromatic heterocycles. The molecule has 0 bridgehead atoms. The van der Waals surface area contributed by atoms with Gasteiger partial charge in [0.05, 0.1) is 0 Å². The molecule has 0 saturated carbocycles. The molecule has 0 saturated heterocycles. The Morgan fingerprint density at radius 2 is 1.00 bits per heavy atom. The molecule has 35 valence electrons. The third kappa shape index (κ3) is 25.3. The Morgan fingerprint density at radius 1 is 1.00 bits per heavy atom. The summed E-state index contributed by atoms with van der Waals surface area (Å²) in [4.78, 5) is 14.0. The van der Waals surface area contributed by atoms with Crippen LogP contribution in [-0.4, -0.2) is 86.6 Å². The molecule has 0 N–H and O–H groups in total. The van der Waals surface area contributed by atoms with E-state index in [-0.39, 0.29) is 125 Å². The number of rotatable bonds is 0. The van der Waals surface area contributed by atoms with Crippen LogP contribution in [0.5, 0.6) is 0 Å². The first kappa shape index (κ1) is 33.3. The molecule has 0 aliphatic carbocycles. The van der Waals surface area contributed by atoms with Crippen LogP contribution in [0.2, 0.25) is 0 Å². The van der Waals surface area contributed by atoms with E-state index in [4.69, 9.17) is 9.93 Å². The van der Waals surface area contributed by atoms with Gasteiger partial charge in [-0.25, -0.2) is 0 Å². The molecule has 0 aliphatic heterocycles. The van der Waals surface area contributed by atoms with Gasteiger partial charge in [0.2, 0.25) is 0 Å². The predicted octanol–water partition coefficient (Wildman–Crippen LogP) is -1.77. The molecule has 0 atom stereocenters. The van der Waals surface area contributed by atoms with Gasteiger partial charge in [-0.3, -0.25) is 0 Å². The van der Waals surface area contributed by atoms with Crippen molar-refractivity contribution in [3.63, 3.8) is 0 Å². The maximum atomic E-state index is 7.00. The quantitative estimate of drug-likeness (QED) is 0.494. The largest absolute Gasteiger partial charge is 0 e. The second kappa shape index (κ2) is 37.9. The molecule has 0 unspecified atom stereocenters. The van der Waals surface area contributed by atoms with Crippen molar-refractivity contribution in [2.75, 3.05) is 0 Å². The molecule has 0 aliphatic rings. The van der Waals surface area contributed by atoms with Gasteiger partial charge in [0.1, 0.15) is 0 Å². The second-order valence-electron chi connectivity index (χ2n) is 0. The van der Waals surface area contributed by atoms with Gasteiger partial charge < -0.3 is 0 Å². The predicted molar refractivity (Wildman–Crippen MR) is 23.8 cm³/mol. The molecule has 6 heavy (non-hydrogen) atoms. The Balaban J connectivity index is -0.000000000833. The van der Waals surface area contributed by atoms with Crippen molar-refractivity contribution >= 4 is 86.6 Å². The summed E-state index contributed by atoms with van der Waals surface area (Å²) in [6, 6.07) is 0. The fourth-order valence-corrected chi connectivity index (χ4v) is 0. The molecule has 0 spiro atoms. The van der Waals surface area contributed by atoms with Crippen molar-refractivity contribution < 1.29 is 38.8 Å². The second-order valence-corrected chi connectivity index (χ2v) is 0. The summed E-state index contributed by atoms with van der Waals surface area (Å²) in [6.45, 7) is 0. The minimum absolute atomic E-state index is 0. The van der Waals surface area contributed by atoms with E-state index in [2.05, 4.69) is 0 Å². The molecule has 0 amide bonds. The summed E-state index contributed by atoms with van der Waals surface area (Å²) >= 11 is 0. The molecule has 0 aromatic carbocycles. The van der Waals surface area contributed by atoms with Gasteiger partial charge >= 0.3 is 86.6 Å². The number of hydrogen-bond donors (Lipinski definition) is 0. The minimum Gasteiger partial charge on any atom is 0 e. The van der Waals surface area contributed by atoms with Crippen molar-refractivity contribution in [3.05, 3.63) is 9.93 Å². The Hall–Kier alpha value is 3.66. The van der Waals surface area contributed by atoms with Crippen LogP contribution in [0, 0.1) is 9.93 Å². The fraction of sp³-hybridized carbons (Fsp3) is 0.